The summed E-state index contributed by atoms with van der Waals surface area (Å²) in [5.74, 6) is 0.457. The van der Waals surface area contributed by atoms with Crippen LogP contribution in [0.5, 0.6) is 0 Å². The van der Waals surface area contributed by atoms with Crippen LogP contribution in [0.25, 0.3) is 0 Å². The zero-order valence-corrected chi connectivity index (χ0v) is 19.0. The van der Waals surface area contributed by atoms with Crippen LogP contribution < -0.4 is 5.32 Å². The lowest BCUT2D eigenvalue weighted by Gasteiger charge is -2.29. The molecule has 0 aliphatic heterocycles. The average Bonchev–Trinajstić information content (AvgIpc) is 2.70. The molecule has 0 aliphatic rings. The Bertz CT molecular complexity index is 857. The molecule has 2 rings (SSSR count). The molecule has 0 aliphatic carbocycles. The zero-order valence-electron chi connectivity index (χ0n) is 18.2. The van der Waals surface area contributed by atoms with E-state index in [0.29, 0.717) is 23.8 Å². The molecule has 162 valence electrons. The van der Waals surface area contributed by atoms with Gasteiger partial charge in [0, 0.05) is 24.4 Å². The highest BCUT2D eigenvalue weighted by Gasteiger charge is 2.26. The van der Waals surface area contributed by atoms with Gasteiger partial charge in [-0.1, -0.05) is 61.9 Å². The van der Waals surface area contributed by atoms with E-state index < -0.39 is 6.04 Å². The van der Waals surface area contributed by atoms with Crippen molar-refractivity contribution in [2.45, 2.75) is 46.0 Å². The SMILES string of the molecule is Cc1cccc(CSCC(=O)N(Cc2ccccc2F)[C@@H](C)C(=O)NCC(C)C)c1. The van der Waals surface area contributed by atoms with Gasteiger partial charge in [0.15, 0.2) is 0 Å². The fraction of sp³-hybridized carbons (Fsp3) is 0.417. The third-order valence-electron chi connectivity index (χ3n) is 4.73. The molecule has 30 heavy (non-hydrogen) atoms. The lowest BCUT2D eigenvalue weighted by atomic mass is 10.1. The van der Waals surface area contributed by atoms with Crippen molar-refractivity contribution in [1.82, 2.24) is 10.2 Å². The Hall–Kier alpha value is -2.34. The quantitative estimate of drug-likeness (QED) is 0.601. The topological polar surface area (TPSA) is 49.4 Å². The molecule has 0 saturated heterocycles. The first kappa shape index (κ1) is 23.9. The molecule has 2 aromatic rings. The van der Waals surface area contributed by atoms with Crippen LogP contribution in [0.15, 0.2) is 48.5 Å². The molecule has 0 bridgehead atoms. The maximum atomic E-state index is 14.2. The van der Waals surface area contributed by atoms with Crippen molar-refractivity contribution in [2.75, 3.05) is 12.3 Å². The minimum atomic E-state index is -0.685. The molecule has 0 heterocycles. The van der Waals surface area contributed by atoms with Crippen LogP contribution in [0.1, 0.15) is 37.5 Å². The molecule has 2 amide bonds. The number of hydrogen-bond donors (Lipinski definition) is 1. The number of rotatable bonds is 10. The maximum absolute atomic E-state index is 14.2. The summed E-state index contributed by atoms with van der Waals surface area (Å²) in [7, 11) is 0. The summed E-state index contributed by atoms with van der Waals surface area (Å²) in [4.78, 5) is 27.1. The normalized spacial score (nSPS) is 11.9. The third-order valence-corrected chi connectivity index (χ3v) is 5.72. The van der Waals surface area contributed by atoms with Crippen LogP contribution in [0.2, 0.25) is 0 Å². The van der Waals surface area contributed by atoms with E-state index in [0.717, 1.165) is 5.56 Å². The van der Waals surface area contributed by atoms with Gasteiger partial charge in [-0.25, -0.2) is 4.39 Å². The Labute approximate surface area is 183 Å². The summed E-state index contributed by atoms with van der Waals surface area (Å²) in [6.45, 7) is 8.34. The summed E-state index contributed by atoms with van der Waals surface area (Å²) >= 11 is 1.50. The van der Waals surface area contributed by atoms with Crippen LogP contribution in [0, 0.1) is 18.7 Å². The summed E-state index contributed by atoms with van der Waals surface area (Å²) < 4.78 is 14.2. The van der Waals surface area contributed by atoms with E-state index >= 15 is 0 Å². The number of hydrogen-bond acceptors (Lipinski definition) is 3. The minimum absolute atomic E-state index is 0.0623. The molecule has 0 fully saturated rings. The van der Waals surface area contributed by atoms with Gasteiger partial charge < -0.3 is 10.2 Å². The van der Waals surface area contributed by atoms with Crippen LogP contribution in [0.4, 0.5) is 4.39 Å². The molecule has 0 aromatic heterocycles. The Kier molecular flexibility index (Phi) is 9.37. The summed E-state index contributed by atoms with van der Waals surface area (Å²) in [6.07, 6.45) is 0. The van der Waals surface area contributed by atoms with Gasteiger partial charge >= 0.3 is 0 Å². The monoisotopic (exact) mass is 430 g/mol. The summed E-state index contributed by atoms with van der Waals surface area (Å²) in [5.41, 5.74) is 2.73. The van der Waals surface area contributed by atoms with Crippen LogP contribution in [-0.2, 0) is 21.9 Å². The van der Waals surface area contributed by atoms with Gasteiger partial charge in [-0.2, -0.15) is 0 Å². The number of carbonyl (C=O) groups is 2. The Morgan fingerprint density at radius 2 is 1.83 bits per heavy atom. The van der Waals surface area contributed by atoms with Crippen molar-refractivity contribution in [3.8, 4) is 0 Å². The highest BCUT2D eigenvalue weighted by atomic mass is 32.2. The fourth-order valence-electron chi connectivity index (χ4n) is 2.99. The zero-order chi connectivity index (χ0) is 22.1. The Morgan fingerprint density at radius 3 is 2.50 bits per heavy atom. The molecular weight excluding hydrogens is 399 g/mol. The molecule has 1 N–H and O–H groups in total. The van der Waals surface area contributed by atoms with Gasteiger partial charge in [-0.05, 0) is 31.4 Å². The average molecular weight is 431 g/mol. The first-order valence-electron chi connectivity index (χ1n) is 10.2. The smallest absolute Gasteiger partial charge is 0.242 e. The maximum Gasteiger partial charge on any atom is 0.242 e. The van der Waals surface area contributed by atoms with Gasteiger partial charge in [0.25, 0.3) is 0 Å². The van der Waals surface area contributed by atoms with Gasteiger partial charge in [0.2, 0.25) is 11.8 Å². The second kappa shape index (κ2) is 11.7. The molecule has 0 unspecified atom stereocenters. The molecular formula is C24H31FN2O2S. The van der Waals surface area contributed by atoms with Crippen molar-refractivity contribution in [3.63, 3.8) is 0 Å². The highest BCUT2D eigenvalue weighted by molar-refractivity contribution is 7.99. The molecule has 2 aromatic carbocycles. The number of carbonyl (C=O) groups excluding carboxylic acids is 2. The summed E-state index contributed by atoms with van der Waals surface area (Å²) in [6, 6.07) is 13.8. The van der Waals surface area contributed by atoms with Gasteiger partial charge in [0.05, 0.1) is 5.75 Å². The number of halogens is 1. The third kappa shape index (κ3) is 7.48. The first-order chi connectivity index (χ1) is 14.3. The second-order valence-corrected chi connectivity index (χ2v) is 8.90. The van der Waals surface area contributed by atoms with Crippen molar-refractivity contribution >= 4 is 23.6 Å². The number of nitrogens with zero attached hydrogens (tertiary/aromatic N) is 1. The number of benzene rings is 2. The number of nitrogens with one attached hydrogen (secondary N) is 1. The predicted octanol–water partition coefficient (Wildman–Crippen LogP) is 4.56. The van der Waals surface area contributed by atoms with Gasteiger partial charge in [0.1, 0.15) is 11.9 Å². The van der Waals surface area contributed by atoms with Gasteiger partial charge in [-0.3, -0.25) is 9.59 Å². The van der Waals surface area contributed by atoms with E-state index in [2.05, 4.69) is 11.4 Å². The van der Waals surface area contributed by atoms with E-state index in [1.54, 1.807) is 25.1 Å². The number of amides is 2. The molecule has 0 saturated carbocycles. The van der Waals surface area contributed by atoms with Crippen LogP contribution in [-0.4, -0.2) is 35.1 Å². The fourth-order valence-corrected chi connectivity index (χ4v) is 3.84. The van der Waals surface area contributed by atoms with Crippen molar-refractivity contribution < 1.29 is 14.0 Å². The van der Waals surface area contributed by atoms with E-state index in [-0.39, 0.29) is 29.9 Å². The van der Waals surface area contributed by atoms with Crippen LogP contribution in [0.3, 0.4) is 0 Å². The highest BCUT2D eigenvalue weighted by Crippen LogP contribution is 2.18. The predicted molar refractivity (Wildman–Crippen MR) is 122 cm³/mol. The van der Waals surface area contributed by atoms with Crippen molar-refractivity contribution in [1.29, 1.82) is 0 Å². The molecule has 0 spiro atoms. The largest absolute Gasteiger partial charge is 0.354 e. The van der Waals surface area contributed by atoms with Crippen molar-refractivity contribution in [2.24, 2.45) is 5.92 Å². The Balaban J connectivity index is 2.07. The first-order valence-corrected chi connectivity index (χ1v) is 11.4. The van der Waals surface area contributed by atoms with E-state index in [4.69, 9.17) is 0 Å². The Morgan fingerprint density at radius 1 is 1.10 bits per heavy atom. The van der Waals surface area contributed by atoms with Crippen molar-refractivity contribution in [3.05, 3.63) is 71.0 Å². The van der Waals surface area contributed by atoms with E-state index in [9.17, 15) is 14.0 Å². The molecule has 6 heteroatoms. The lowest BCUT2D eigenvalue weighted by molar-refractivity contribution is -0.138. The number of aryl methyl sites for hydroxylation is 1. The summed E-state index contributed by atoms with van der Waals surface area (Å²) in [5, 5.41) is 2.87. The van der Waals surface area contributed by atoms with E-state index in [1.807, 2.05) is 39.0 Å². The minimum Gasteiger partial charge on any atom is -0.354 e. The molecule has 0 radical (unpaired) electrons. The number of thioether (sulfide) groups is 1. The standard InChI is InChI=1S/C24H31FN2O2S/c1-17(2)13-26-24(29)19(4)27(14-21-10-5-6-11-22(21)25)23(28)16-30-15-20-9-7-8-18(3)12-20/h5-12,17,19H,13-16H2,1-4H3,(H,26,29)/t19-/m0/s1. The molecule has 1 atom stereocenters. The van der Waals surface area contributed by atoms with Gasteiger partial charge in [-0.15, -0.1) is 11.8 Å². The molecule has 4 nitrogen and oxygen atoms in total. The van der Waals surface area contributed by atoms with Crippen LogP contribution >= 0.6 is 11.8 Å². The lowest BCUT2D eigenvalue weighted by Crippen LogP contribution is -2.48. The van der Waals surface area contributed by atoms with E-state index in [1.165, 1.54) is 28.3 Å². The second-order valence-electron chi connectivity index (χ2n) is 7.91.